The lowest BCUT2D eigenvalue weighted by Gasteiger charge is -2.07. The molecule has 1 unspecified atom stereocenters. The molecule has 1 fully saturated rings. The van der Waals surface area contributed by atoms with Gasteiger partial charge in [-0.3, -0.25) is 0 Å². The predicted octanol–water partition coefficient (Wildman–Crippen LogP) is 3.07. The number of hydrogen-bond acceptors (Lipinski definition) is 2. The first-order valence-electron chi connectivity index (χ1n) is 4.93. The Kier molecular flexibility index (Phi) is 2.95. The number of carbonyl (C=O) groups is 1. The van der Waals surface area contributed by atoms with Crippen molar-refractivity contribution in [3.05, 3.63) is 28.8 Å². The Bertz CT molecular complexity index is 462. The molecule has 17 heavy (non-hydrogen) atoms. The van der Waals surface area contributed by atoms with Crippen LogP contribution in [0.1, 0.15) is 16.8 Å². The smallest absolute Gasteiger partial charge is 0.335 e. The molecule has 0 radical (unpaired) electrons. The number of aromatic carboxylic acids is 1. The van der Waals surface area contributed by atoms with Crippen molar-refractivity contribution in [1.82, 2.24) is 0 Å². The summed E-state index contributed by atoms with van der Waals surface area (Å²) in [5.74, 6) is -4.28. The molecule has 1 saturated carbocycles. The Hall–Kier alpha value is -1.36. The van der Waals surface area contributed by atoms with Crippen LogP contribution in [-0.4, -0.2) is 23.6 Å². The average Bonchev–Trinajstić information content (AvgIpc) is 2.84. The van der Waals surface area contributed by atoms with Crippen LogP contribution in [0, 0.1) is 5.92 Å². The van der Waals surface area contributed by atoms with Crippen molar-refractivity contribution < 1.29 is 23.4 Å². The summed E-state index contributed by atoms with van der Waals surface area (Å²) >= 11 is 5.77. The van der Waals surface area contributed by atoms with Gasteiger partial charge in [-0.2, -0.15) is 0 Å². The third-order valence-corrected chi connectivity index (χ3v) is 2.87. The number of alkyl halides is 2. The van der Waals surface area contributed by atoms with Gasteiger partial charge < -0.3 is 9.84 Å². The number of hydrogen-bond donors (Lipinski definition) is 1. The summed E-state index contributed by atoms with van der Waals surface area (Å²) in [6.07, 6.45) is -0.169. The molecule has 0 aliphatic heterocycles. The molecule has 92 valence electrons. The predicted molar refractivity (Wildman–Crippen MR) is 57.0 cm³/mol. The lowest BCUT2D eigenvalue weighted by Crippen LogP contribution is -2.06. The first-order valence-corrected chi connectivity index (χ1v) is 5.31. The van der Waals surface area contributed by atoms with E-state index in [1.165, 1.54) is 18.2 Å². The average molecular weight is 263 g/mol. The fourth-order valence-electron chi connectivity index (χ4n) is 1.39. The molecule has 1 atom stereocenters. The number of carboxylic acid groups (broad SMARTS) is 1. The van der Waals surface area contributed by atoms with E-state index in [1.54, 1.807) is 0 Å². The molecule has 1 aliphatic carbocycles. The summed E-state index contributed by atoms with van der Waals surface area (Å²) in [4.78, 5) is 10.6. The second-order valence-corrected chi connectivity index (χ2v) is 4.33. The van der Waals surface area contributed by atoms with Crippen LogP contribution in [-0.2, 0) is 0 Å². The van der Waals surface area contributed by atoms with E-state index in [1.807, 2.05) is 0 Å². The van der Waals surface area contributed by atoms with E-state index in [4.69, 9.17) is 21.4 Å². The van der Waals surface area contributed by atoms with Crippen molar-refractivity contribution in [3.8, 4) is 5.75 Å². The van der Waals surface area contributed by atoms with Gasteiger partial charge in [-0.1, -0.05) is 11.6 Å². The number of carboxylic acids is 1. The minimum Gasteiger partial charge on any atom is -0.492 e. The summed E-state index contributed by atoms with van der Waals surface area (Å²) in [6, 6.07) is 3.91. The van der Waals surface area contributed by atoms with E-state index in [-0.39, 0.29) is 29.4 Å². The zero-order valence-corrected chi connectivity index (χ0v) is 9.38. The largest absolute Gasteiger partial charge is 0.492 e. The monoisotopic (exact) mass is 262 g/mol. The third kappa shape index (κ3) is 2.66. The molecule has 0 heterocycles. The van der Waals surface area contributed by atoms with Crippen LogP contribution >= 0.6 is 11.6 Å². The molecule has 0 saturated heterocycles. The fraction of sp³-hybridized carbons (Fsp3) is 0.364. The number of halogens is 3. The van der Waals surface area contributed by atoms with Crippen LogP contribution in [0.4, 0.5) is 8.78 Å². The van der Waals surface area contributed by atoms with Crippen molar-refractivity contribution in [1.29, 1.82) is 0 Å². The Labute approximate surface area is 101 Å². The second-order valence-electron chi connectivity index (χ2n) is 3.92. The van der Waals surface area contributed by atoms with Crippen molar-refractivity contribution in [2.24, 2.45) is 5.92 Å². The molecule has 6 heteroatoms. The first-order chi connectivity index (χ1) is 7.90. The van der Waals surface area contributed by atoms with Crippen molar-refractivity contribution in [2.45, 2.75) is 12.3 Å². The SMILES string of the molecule is O=C(O)c1ccc(OCC2CC2(F)F)c(Cl)c1. The van der Waals surface area contributed by atoms with Crippen molar-refractivity contribution in [2.75, 3.05) is 6.61 Å². The van der Waals surface area contributed by atoms with Crippen LogP contribution in [0.2, 0.25) is 5.02 Å². The minimum absolute atomic E-state index is 0.0269. The van der Waals surface area contributed by atoms with Crippen LogP contribution < -0.4 is 4.74 Å². The Balaban J connectivity index is 2.00. The summed E-state index contributed by atoms with van der Waals surface area (Å²) in [5, 5.41) is 8.80. The normalized spacial score (nSPS) is 21.0. The molecule has 0 aromatic heterocycles. The standard InChI is InChI=1S/C11H9ClF2O3/c12-8-3-6(10(15)16)1-2-9(8)17-5-7-4-11(7,13)14/h1-3,7H,4-5H2,(H,15,16). The number of benzene rings is 1. The molecule has 1 aromatic carbocycles. The van der Waals surface area contributed by atoms with E-state index in [0.29, 0.717) is 0 Å². The number of ether oxygens (including phenoxy) is 1. The molecular formula is C11H9ClF2O3. The molecule has 1 N–H and O–H groups in total. The third-order valence-electron chi connectivity index (χ3n) is 2.57. The summed E-state index contributed by atoms with van der Waals surface area (Å²) in [6.45, 7) is -0.112. The summed E-state index contributed by atoms with van der Waals surface area (Å²) in [7, 11) is 0. The molecule has 1 aliphatic rings. The fourth-order valence-corrected chi connectivity index (χ4v) is 1.63. The van der Waals surface area contributed by atoms with E-state index in [0.717, 1.165) is 0 Å². The van der Waals surface area contributed by atoms with E-state index in [9.17, 15) is 13.6 Å². The molecule has 0 amide bonds. The van der Waals surface area contributed by atoms with Crippen LogP contribution in [0.25, 0.3) is 0 Å². The zero-order chi connectivity index (χ0) is 12.6. The van der Waals surface area contributed by atoms with Gasteiger partial charge in [0.25, 0.3) is 5.92 Å². The van der Waals surface area contributed by atoms with Crippen molar-refractivity contribution in [3.63, 3.8) is 0 Å². The summed E-state index contributed by atoms with van der Waals surface area (Å²) in [5.41, 5.74) is 0.0269. The van der Waals surface area contributed by atoms with Crippen molar-refractivity contribution >= 4 is 17.6 Å². The highest BCUT2D eigenvalue weighted by Crippen LogP contribution is 2.48. The topological polar surface area (TPSA) is 46.5 Å². The first kappa shape index (κ1) is 12.1. The lowest BCUT2D eigenvalue weighted by atomic mass is 10.2. The maximum Gasteiger partial charge on any atom is 0.335 e. The van der Waals surface area contributed by atoms with Gasteiger partial charge in [-0.05, 0) is 18.2 Å². The van der Waals surface area contributed by atoms with Crippen LogP contribution in [0.3, 0.4) is 0 Å². The molecule has 1 aromatic rings. The van der Waals surface area contributed by atoms with E-state index >= 15 is 0 Å². The second kappa shape index (κ2) is 4.14. The van der Waals surface area contributed by atoms with Crippen LogP contribution in [0.15, 0.2) is 18.2 Å². The Morgan fingerprint density at radius 3 is 2.71 bits per heavy atom. The summed E-state index contributed by atoms with van der Waals surface area (Å²) < 4.78 is 30.3. The van der Waals surface area contributed by atoms with Gasteiger partial charge in [-0.25, -0.2) is 13.6 Å². The molecule has 3 nitrogen and oxygen atoms in total. The molecular weight excluding hydrogens is 254 g/mol. The van der Waals surface area contributed by atoms with Gasteiger partial charge in [0, 0.05) is 6.42 Å². The van der Waals surface area contributed by atoms with Gasteiger partial charge in [-0.15, -0.1) is 0 Å². The van der Waals surface area contributed by atoms with Gasteiger partial charge >= 0.3 is 5.97 Å². The van der Waals surface area contributed by atoms with Gasteiger partial charge in [0.2, 0.25) is 0 Å². The van der Waals surface area contributed by atoms with E-state index < -0.39 is 17.8 Å². The molecule has 0 spiro atoms. The number of rotatable bonds is 4. The maximum atomic E-state index is 12.6. The van der Waals surface area contributed by atoms with Gasteiger partial charge in [0.15, 0.2) is 0 Å². The molecule has 0 bridgehead atoms. The minimum atomic E-state index is -2.63. The highest BCUT2D eigenvalue weighted by Gasteiger charge is 2.57. The Morgan fingerprint density at radius 1 is 1.59 bits per heavy atom. The lowest BCUT2D eigenvalue weighted by molar-refractivity contribution is 0.0696. The van der Waals surface area contributed by atoms with Crippen LogP contribution in [0.5, 0.6) is 5.75 Å². The quantitative estimate of drug-likeness (QED) is 0.907. The maximum absolute atomic E-state index is 12.6. The Morgan fingerprint density at radius 2 is 2.24 bits per heavy atom. The van der Waals surface area contributed by atoms with Gasteiger partial charge in [0.1, 0.15) is 5.75 Å². The highest BCUT2D eigenvalue weighted by molar-refractivity contribution is 6.32. The van der Waals surface area contributed by atoms with E-state index in [2.05, 4.69) is 0 Å². The highest BCUT2D eigenvalue weighted by atomic mass is 35.5. The molecule has 2 rings (SSSR count). The van der Waals surface area contributed by atoms with Gasteiger partial charge in [0.05, 0.1) is 23.1 Å². The zero-order valence-electron chi connectivity index (χ0n) is 8.62.